The lowest BCUT2D eigenvalue weighted by Crippen LogP contribution is -2.59. The molecule has 0 bridgehead atoms. The molecule has 0 aromatic heterocycles. The van der Waals surface area contributed by atoms with Crippen LogP contribution in [0.2, 0.25) is 0 Å². The maximum Gasteiger partial charge on any atom is 0.307 e. The van der Waals surface area contributed by atoms with Gasteiger partial charge in [-0.3, -0.25) is 9.69 Å². The number of rotatable bonds is 13. The second-order valence-corrected chi connectivity index (χ2v) is 7.18. The quantitative estimate of drug-likeness (QED) is 0.310. The Morgan fingerprint density at radius 1 is 1.00 bits per heavy atom. The van der Waals surface area contributed by atoms with Crippen LogP contribution in [0.15, 0.2) is 0 Å². The number of hydrogen-bond acceptors (Lipinski definition) is 4. The molecule has 0 aromatic rings. The number of carbonyl (C=O) groups excluding carboxylic acids is 1. The fourth-order valence-electron chi connectivity index (χ4n) is 3.30. The fraction of sp³-hybridized carbons (Fsp3) is 0.947. The van der Waals surface area contributed by atoms with E-state index in [0.29, 0.717) is 6.42 Å². The maximum atomic E-state index is 12.2. The minimum Gasteiger partial charge on any atom is -0.441 e. The van der Waals surface area contributed by atoms with Crippen LogP contribution >= 0.6 is 0 Å². The molecule has 0 rings (SSSR count). The first-order chi connectivity index (χ1) is 10.8. The van der Waals surface area contributed by atoms with Gasteiger partial charge >= 0.3 is 5.97 Å². The Balaban J connectivity index is 4.15. The zero-order valence-corrected chi connectivity index (χ0v) is 16.2. The van der Waals surface area contributed by atoms with E-state index in [9.17, 15) is 9.90 Å². The molecule has 0 fully saturated rings. The van der Waals surface area contributed by atoms with Gasteiger partial charge in [0, 0.05) is 12.3 Å². The fourth-order valence-corrected chi connectivity index (χ4v) is 3.30. The van der Waals surface area contributed by atoms with Crippen LogP contribution in [0.1, 0.15) is 85.5 Å². The maximum absolute atomic E-state index is 12.2. The molecule has 23 heavy (non-hydrogen) atoms. The van der Waals surface area contributed by atoms with Gasteiger partial charge in [-0.25, -0.2) is 0 Å². The highest BCUT2D eigenvalue weighted by atomic mass is 16.6. The molecule has 0 radical (unpaired) electrons. The molecule has 138 valence electrons. The van der Waals surface area contributed by atoms with Crippen LogP contribution in [-0.4, -0.2) is 41.9 Å². The van der Waals surface area contributed by atoms with Crippen molar-refractivity contribution >= 4 is 5.97 Å². The monoisotopic (exact) mass is 329 g/mol. The Morgan fingerprint density at radius 3 is 1.87 bits per heavy atom. The third kappa shape index (κ3) is 7.67. The molecule has 2 unspecified atom stereocenters. The van der Waals surface area contributed by atoms with Crippen molar-refractivity contribution in [3.05, 3.63) is 0 Å². The normalized spacial score (nSPS) is 15.7. The first-order valence-corrected chi connectivity index (χ1v) is 9.36. The van der Waals surface area contributed by atoms with Gasteiger partial charge in [-0.15, -0.1) is 0 Å². The molecule has 0 aromatic carbocycles. The summed E-state index contributed by atoms with van der Waals surface area (Å²) in [7, 11) is 3.69. The van der Waals surface area contributed by atoms with Crippen molar-refractivity contribution in [1.82, 2.24) is 4.90 Å². The standard InChI is InChI=1S/C19H39NO3/c1-7-8-9-10-11-12-13-14-15-18(22)23-19(16(2)3,17(4)21)20(5)6/h16-17,21H,7-15H2,1-6H3. The van der Waals surface area contributed by atoms with Gasteiger partial charge in [0.05, 0.1) is 0 Å². The highest BCUT2D eigenvalue weighted by Crippen LogP contribution is 2.29. The smallest absolute Gasteiger partial charge is 0.307 e. The Morgan fingerprint density at radius 2 is 1.48 bits per heavy atom. The third-order valence-electron chi connectivity index (χ3n) is 4.64. The average Bonchev–Trinajstić information content (AvgIpc) is 2.46. The highest BCUT2D eigenvalue weighted by molar-refractivity contribution is 5.69. The van der Waals surface area contributed by atoms with E-state index in [1.54, 1.807) is 6.92 Å². The summed E-state index contributed by atoms with van der Waals surface area (Å²) < 4.78 is 5.72. The van der Waals surface area contributed by atoms with E-state index in [-0.39, 0.29) is 11.9 Å². The first kappa shape index (κ1) is 22.4. The number of nitrogens with zero attached hydrogens (tertiary/aromatic N) is 1. The predicted octanol–water partition coefficient (Wildman–Crippen LogP) is 4.36. The van der Waals surface area contributed by atoms with E-state index in [1.165, 1.54) is 38.5 Å². The molecule has 4 heteroatoms. The van der Waals surface area contributed by atoms with E-state index in [4.69, 9.17) is 4.74 Å². The SMILES string of the molecule is CCCCCCCCCCC(=O)OC(C(C)C)(C(C)O)N(C)C. The molecule has 0 aliphatic rings. The van der Waals surface area contributed by atoms with Crippen LogP contribution in [0.5, 0.6) is 0 Å². The van der Waals surface area contributed by atoms with Gasteiger partial charge in [0.15, 0.2) is 5.72 Å². The first-order valence-electron chi connectivity index (χ1n) is 9.36. The number of likely N-dealkylation sites (N-methyl/N-ethyl adjacent to an activating group) is 1. The summed E-state index contributed by atoms with van der Waals surface area (Å²) in [6, 6.07) is 0. The van der Waals surface area contributed by atoms with E-state index >= 15 is 0 Å². The van der Waals surface area contributed by atoms with Crippen LogP contribution in [0.25, 0.3) is 0 Å². The molecule has 0 heterocycles. The van der Waals surface area contributed by atoms with E-state index < -0.39 is 11.8 Å². The van der Waals surface area contributed by atoms with Gasteiger partial charge in [-0.1, -0.05) is 65.7 Å². The van der Waals surface area contributed by atoms with Crippen molar-refractivity contribution < 1.29 is 14.6 Å². The van der Waals surface area contributed by atoms with Crippen LogP contribution in [0.4, 0.5) is 0 Å². The largest absolute Gasteiger partial charge is 0.441 e. The Kier molecular flexibility index (Phi) is 11.5. The van der Waals surface area contributed by atoms with Crippen molar-refractivity contribution in [2.45, 2.75) is 97.3 Å². The van der Waals surface area contributed by atoms with Crippen molar-refractivity contribution in [2.24, 2.45) is 5.92 Å². The van der Waals surface area contributed by atoms with Crippen molar-refractivity contribution in [1.29, 1.82) is 0 Å². The molecule has 0 aliphatic carbocycles. The molecule has 0 saturated heterocycles. The van der Waals surface area contributed by atoms with Crippen LogP contribution in [0.3, 0.4) is 0 Å². The van der Waals surface area contributed by atoms with E-state index in [2.05, 4.69) is 6.92 Å². The number of esters is 1. The summed E-state index contributed by atoms with van der Waals surface area (Å²) in [6.07, 6.45) is 9.33. The summed E-state index contributed by atoms with van der Waals surface area (Å²) in [5, 5.41) is 10.1. The molecule has 0 aliphatic heterocycles. The number of hydrogen-bond donors (Lipinski definition) is 1. The van der Waals surface area contributed by atoms with Gasteiger partial charge < -0.3 is 9.84 Å². The average molecular weight is 330 g/mol. The van der Waals surface area contributed by atoms with Crippen molar-refractivity contribution in [3.63, 3.8) is 0 Å². The summed E-state index contributed by atoms with van der Waals surface area (Å²) in [5.74, 6) is -0.195. The zero-order valence-electron chi connectivity index (χ0n) is 16.2. The topological polar surface area (TPSA) is 49.8 Å². The molecule has 0 spiro atoms. The van der Waals surface area contributed by atoms with Crippen molar-refractivity contribution in [2.75, 3.05) is 14.1 Å². The number of unbranched alkanes of at least 4 members (excludes halogenated alkanes) is 7. The van der Waals surface area contributed by atoms with Crippen molar-refractivity contribution in [3.8, 4) is 0 Å². The molecular formula is C19H39NO3. The molecule has 2 atom stereocenters. The molecule has 1 N–H and O–H groups in total. The molecular weight excluding hydrogens is 290 g/mol. The third-order valence-corrected chi connectivity index (χ3v) is 4.64. The summed E-state index contributed by atoms with van der Waals surface area (Å²) in [6.45, 7) is 7.85. The number of carbonyl (C=O) groups is 1. The molecule has 0 saturated carbocycles. The second kappa shape index (κ2) is 11.9. The minimum atomic E-state index is -0.947. The van der Waals surface area contributed by atoms with E-state index in [0.717, 1.165) is 12.8 Å². The van der Waals surface area contributed by atoms with E-state index in [1.807, 2.05) is 32.8 Å². The van der Waals surface area contributed by atoms with Crippen LogP contribution in [-0.2, 0) is 9.53 Å². The second-order valence-electron chi connectivity index (χ2n) is 7.18. The highest BCUT2D eigenvalue weighted by Gasteiger charge is 2.44. The van der Waals surface area contributed by atoms with Gasteiger partial charge in [-0.05, 0) is 27.4 Å². The number of aliphatic hydroxyl groups excluding tert-OH is 1. The summed E-state index contributed by atoms with van der Waals surface area (Å²) >= 11 is 0. The Hall–Kier alpha value is -0.610. The van der Waals surface area contributed by atoms with Gasteiger partial charge in [0.2, 0.25) is 0 Å². The molecule has 4 nitrogen and oxygen atoms in total. The number of ether oxygens (including phenoxy) is 1. The lowest BCUT2D eigenvalue weighted by atomic mass is 9.92. The minimum absolute atomic E-state index is 0.0139. The lowest BCUT2D eigenvalue weighted by molar-refractivity contribution is -0.220. The lowest BCUT2D eigenvalue weighted by Gasteiger charge is -2.44. The van der Waals surface area contributed by atoms with Gasteiger partial charge in [0.25, 0.3) is 0 Å². The Labute approximate surface area is 143 Å². The van der Waals surface area contributed by atoms with Crippen LogP contribution in [0, 0.1) is 5.92 Å². The summed E-state index contributed by atoms with van der Waals surface area (Å²) in [5.41, 5.74) is -0.947. The zero-order chi connectivity index (χ0) is 17.9. The summed E-state index contributed by atoms with van der Waals surface area (Å²) in [4.78, 5) is 14.0. The van der Waals surface area contributed by atoms with Gasteiger partial charge in [0.1, 0.15) is 6.10 Å². The molecule has 0 amide bonds. The predicted molar refractivity (Wildman–Crippen MR) is 96.3 cm³/mol. The van der Waals surface area contributed by atoms with Crippen LogP contribution < -0.4 is 0 Å². The van der Waals surface area contributed by atoms with Gasteiger partial charge in [-0.2, -0.15) is 0 Å². The Bertz CT molecular complexity index is 292. The number of aliphatic hydroxyl groups is 1.